The van der Waals surface area contributed by atoms with Crippen LogP contribution in [0.15, 0.2) is 0 Å². The van der Waals surface area contributed by atoms with Crippen LogP contribution in [0.3, 0.4) is 0 Å². The van der Waals surface area contributed by atoms with Crippen molar-refractivity contribution in [1.82, 2.24) is 5.32 Å². The van der Waals surface area contributed by atoms with E-state index in [1.54, 1.807) is 0 Å². The zero-order valence-electron chi connectivity index (χ0n) is 11.9. The summed E-state index contributed by atoms with van der Waals surface area (Å²) in [5.74, 6) is 2.89. The van der Waals surface area contributed by atoms with Gasteiger partial charge in [-0.05, 0) is 50.0 Å². The minimum atomic E-state index is 0.828. The molecule has 2 rings (SSSR count). The first kappa shape index (κ1) is 13.4. The Morgan fingerprint density at radius 2 is 1.65 bits per heavy atom. The lowest BCUT2D eigenvalue weighted by molar-refractivity contribution is 0.237. The average Bonchev–Trinajstić information content (AvgIpc) is 2.53. The highest BCUT2D eigenvalue weighted by atomic mass is 14.9. The Balaban J connectivity index is 1.69. The molecule has 2 aliphatic carbocycles. The van der Waals surface area contributed by atoms with E-state index in [1.165, 1.54) is 64.3 Å². The molecule has 0 spiro atoms. The lowest BCUT2D eigenvalue weighted by Gasteiger charge is -2.30. The first-order valence-corrected chi connectivity index (χ1v) is 7.99. The lowest BCUT2D eigenvalue weighted by atomic mass is 9.80. The molecule has 0 saturated heterocycles. The minimum Gasteiger partial charge on any atom is -0.314 e. The molecule has 0 aliphatic heterocycles. The van der Waals surface area contributed by atoms with E-state index in [4.69, 9.17) is 0 Å². The summed E-state index contributed by atoms with van der Waals surface area (Å²) < 4.78 is 0. The smallest absolute Gasteiger partial charge is 0.00672 e. The molecule has 0 aromatic rings. The van der Waals surface area contributed by atoms with Crippen molar-refractivity contribution in [2.45, 2.75) is 77.7 Å². The van der Waals surface area contributed by atoms with Crippen LogP contribution in [-0.4, -0.2) is 12.6 Å². The third-order valence-corrected chi connectivity index (χ3v) is 5.22. The van der Waals surface area contributed by atoms with Crippen LogP contribution in [-0.2, 0) is 0 Å². The van der Waals surface area contributed by atoms with E-state index in [9.17, 15) is 0 Å². The monoisotopic (exact) mass is 237 g/mol. The molecule has 2 saturated carbocycles. The molecule has 0 amide bonds. The maximum atomic E-state index is 3.88. The van der Waals surface area contributed by atoms with Gasteiger partial charge in [-0.1, -0.05) is 46.0 Å². The largest absolute Gasteiger partial charge is 0.314 e. The van der Waals surface area contributed by atoms with Crippen LogP contribution in [0.2, 0.25) is 0 Å². The van der Waals surface area contributed by atoms with E-state index in [2.05, 4.69) is 19.2 Å². The number of rotatable bonds is 3. The Bertz CT molecular complexity index is 214. The van der Waals surface area contributed by atoms with Gasteiger partial charge in [0.05, 0.1) is 0 Å². The summed E-state index contributed by atoms with van der Waals surface area (Å²) >= 11 is 0. The highest BCUT2D eigenvalue weighted by Gasteiger charge is 2.22. The van der Waals surface area contributed by atoms with Crippen LogP contribution in [0.1, 0.15) is 71.6 Å². The molecule has 1 nitrogen and oxygen atoms in total. The van der Waals surface area contributed by atoms with Crippen molar-refractivity contribution >= 4 is 0 Å². The topological polar surface area (TPSA) is 12.0 Å². The highest BCUT2D eigenvalue weighted by molar-refractivity contribution is 4.78. The van der Waals surface area contributed by atoms with Crippen LogP contribution in [0.4, 0.5) is 0 Å². The fraction of sp³-hybridized carbons (Fsp3) is 1.00. The predicted molar refractivity (Wildman–Crippen MR) is 75.2 cm³/mol. The molecule has 4 unspecified atom stereocenters. The number of hydrogen-bond donors (Lipinski definition) is 1. The van der Waals surface area contributed by atoms with Crippen molar-refractivity contribution in [3.8, 4) is 0 Å². The van der Waals surface area contributed by atoms with Crippen LogP contribution in [0.25, 0.3) is 0 Å². The second kappa shape index (κ2) is 6.78. The fourth-order valence-electron chi connectivity index (χ4n) is 3.71. The van der Waals surface area contributed by atoms with Crippen molar-refractivity contribution in [1.29, 1.82) is 0 Å². The normalized spacial score (nSPS) is 39.9. The van der Waals surface area contributed by atoms with Gasteiger partial charge >= 0.3 is 0 Å². The lowest BCUT2D eigenvalue weighted by Crippen LogP contribution is -2.36. The number of nitrogens with one attached hydrogen (secondary N) is 1. The highest BCUT2D eigenvalue weighted by Crippen LogP contribution is 2.29. The zero-order valence-corrected chi connectivity index (χ0v) is 11.9. The quantitative estimate of drug-likeness (QED) is 0.719. The summed E-state index contributed by atoms with van der Waals surface area (Å²) in [7, 11) is 0. The first-order chi connectivity index (χ1) is 8.25. The Morgan fingerprint density at radius 3 is 2.47 bits per heavy atom. The fourth-order valence-corrected chi connectivity index (χ4v) is 3.71. The van der Waals surface area contributed by atoms with Gasteiger partial charge in [0, 0.05) is 6.04 Å². The maximum absolute atomic E-state index is 3.88. The van der Waals surface area contributed by atoms with Crippen molar-refractivity contribution in [2.75, 3.05) is 6.54 Å². The van der Waals surface area contributed by atoms with Gasteiger partial charge in [-0.25, -0.2) is 0 Å². The summed E-state index contributed by atoms with van der Waals surface area (Å²) in [6, 6.07) is 0.828. The summed E-state index contributed by atoms with van der Waals surface area (Å²) in [5, 5.41) is 3.88. The van der Waals surface area contributed by atoms with Gasteiger partial charge in [-0.2, -0.15) is 0 Å². The van der Waals surface area contributed by atoms with E-state index >= 15 is 0 Å². The molecule has 100 valence electrons. The number of hydrogen-bond acceptors (Lipinski definition) is 1. The van der Waals surface area contributed by atoms with E-state index in [-0.39, 0.29) is 0 Å². The molecule has 17 heavy (non-hydrogen) atoms. The van der Waals surface area contributed by atoms with Gasteiger partial charge in [0.2, 0.25) is 0 Å². The van der Waals surface area contributed by atoms with Gasteiger partial charge in [-0.15, -0.1) is 0 Å². The molecule has 0 bridgehead atoms. The Morgan fingerprint density at radius 1 is 0.824 bits per heavy atom. The van der Waals surface area contributed by atoms with Crippen LogP contribution in [0.5, 0.6) is 0 Å². The van der Waals surface area contributed by atoms with Gasteiger partial charge in [0.25, 0.3) is 0 Å². The molecule has 0 heterocycles. The Kier molecular flexibility index (Phi) is 5.34. The Hall–Kier alpha value is -0.0400. The summed E-state index contributed by atoms with van der Waals surface area (Å²) in [5.41, 5.74) is 0. The van der Waals surface area contributed by atoms with Gasteiger partial charge in [-0.3, -0.25) is 0 Å². The molecular weight excluding hydrogens is 206 g/mol. The maximum Gasteiger partial charge on any atom is 0.00672 e. The van der Waals surface area contributed by atoms with Gasteiger partial charge < -0.3 is 5.32 Å². The first-order valence-electron chi connectivity index (χ1n) is 7.99. The third-order valence-electron chi connectivity index (χ3n) is 5.22. The van der Waals surface area contributed by atoms with Crippen LogP contribution in [0, 0.1) is 17.8 Å². The van der Waals surface area contributed by atoms with E-state index in [0.717, 1.165) is 23.8 Å². The van der Waals surface area contributed by atoms with Crippen LogP contribution < -0.4 is 5.32 Å². The van der Waals surface area contributed by atoms with E-state index in [0.29, 0.717) is 0 Å². The SMILES string of the molecule is CC1CCCC(NCC2CCCCC2C)CC1. The molecule has 1 N–H and O–H groups in total. The molecule has 0 radical (unpaired) electrons. The molecule has 1 heteroatoms. The summed E-state index contributed by atoms with van der Waals surface area (Å²) in [6.45, 7) is 6.17. The zero-order chi connectivity index (χ0) is 12.1. The van der Waals surface area contributed by atoms with Crippen molar-refractivity contribution in [3.05, 3.63) is 0 Å². The standard InChI is InChI=1S/C16H31N/c1-13-6-5-9-16(11-10-13)17-12-15-8-4-3-7-14(15)2/h13-17H,3-12H2,1-2H3. The average molecular weight is 237 g/mol. The molecule has 2 fully saturated rings. The molecular formula is C16H31N. The van der Waals surface area contributed by atoms with Crippen LogP contribution >= 0.6 is 0 Å². The van der Waals surface area contributed by atoms with E-state index in [1.807, 2.05) is 0 Å². The second-order valence-corrected chi connectivity index (χ2v) is 6.74. The van der Waals surface area contributed by atoms with Gasteiger partial charge in [0.1, 0.15) is 0 Å². The summed E-state index contributed by atoms with van der Waals surface area (Å²) in [4.78, 5) is 0. The van der Waals surface area contributed by atoms with E-state index < -0.39 is 0 Å². The predicted octanol–water partition coefficient (Wildman–Crippen LogP) is 4.37. The van der Waals surface area contributed by atoms with Crippen molar-refractivity contribution < 1.29 is 0 Å². The summed E-state index contributed by atoms with van der Waals surface area (Å²) in [6.07, 6.45) is 13.1. The van der Waals surface area contributed by atoms with Gasteiger partial charge in [0.15, 0.2) is 0 Å². The second-order valence-electron chi connectivity index (χ2n) is 6.74. The minimum absolute atomic E-state index is 0.828. The molecule has 4 atom stereocenters. The molecule has 0 aromatic heterocycles. The molecule has 0 aromatic carbocycles. The Labute approximate surface area is 108 Å². The third kappa shape index (κ3) is 4.28. The van der Waals surface area contributed by atoms with Crippen molar-refractivity contribution in [3.63, 3.8) is 0 Å². The van der Waals surface area contributed by atoms with Crippen molar-refractivity contribution in [2.24, 2.45) is 17.8 Å². The molecule has 2 aliphatic rings.